The van der Waals surface area contributed by atoms with Crippen LogP contribution >= 0.6 is 11.3 Å². The number of carbonyl (C=O) groups is 2. The Labute approximate surface area is 150 Å². The van der Waals surface area contributed by atoms with Gasteiger partial charge in [0.1, 0.15) is 0 Å². The van der Waals surface area contributed by atoms with Crippen LogP contribution in [0.5, 0.6) is 0 Å². The lowest BCUT2D eigenvalue weighted by Gasteiger charge is -2.22. The molecule has 134 valence electrons. The third kappa shape index (κ3) is 4.23. The van der Waals surface area contributed by atoms with Gasteiger partial charge in [0.05, 0.1) is 29.7 Å². The van der Waals surface area contributed by atoms with Crippen LogP contribution in [0, 0.1) is 6.92 Å². The first kappa shape index (κ1) is 17.6. The summed E-state index contributed by atoms with van der Waals surface area (Å²) in [5, 5.41) is 12.4. The van der Waals surface area contributed by atoms with Crippen LogP contribution in [0.1, 0.15) is 37.2 Å². The van der Waals surface area contributed by atoms with E-state index in [1.165, 1.54) is 18.3 Å². The van der Waals surface area contributed by atoms with Crippen molar-refractivity contribution in [1.29, 1.82) is 0 Å². The number of likely N-dealkylation sites (tertiary alicyclic amines) is 1. The van der Waals surface area contributed by atoms with E-state index in [1.54, 1.807) is 10.9 Å². The fraction of sp³-hybridized carbons (Fsp3) is 0.500. The molecule has 0 saturated carbocycles. The minimum Gasteiger partial charge on any atom is -0.322 e. The first-order valence-electron chi connectivity index (χ1n) is 8.19. The molecule has 0 radical (unpaired) electrons. The molecule has 2 aromatic heterocycles. The fourth-order valence-electron chi connectivity index (χ4n) is 3.09. The Morgan fingerprint density at radius 1 is 1.40 bits per heavy atom. The molecule has 9 heteroatoms. The second-order valence-corrected chi connectivity index (χ2v) is 7.10. The van der Waals surface area contributed by atoms with Crippen molar-refractivity contribution in [3.63, 3.8) is 0 Å². The summed E-state index contributed by atoms with van der Waals surface area (Å²) in [5.41, 5.74) is 2.45. The highest BCUT2D eigenvalue weighted by molar-refractivity contribution is 7.13. The normalized spacial score (nSPS) is 17.6. The highest BCUT2D eigenvalue weighted by Gasteiger charge is 2.29. The average Bonchev–Trinajstić information content (AvgIpc) is 3.20. The third-order valence-corrected chi connectivity index (χ3v) is 4.92. The maximum absolute atomic E-state index is 12.4. The molecule has 8 nitrogen and oxygen atoms in total. The van der Waals surface area contributed by atoms with Gasteiger partial charge in [-0.15, -0.1) is 11.3 Å². The molecule has 1 atom stereocenters. The number of aromatic nitrogens is 3. The second kappa shape index (κ2) is 7.32. The molecule has 1 aliphatic heterocycles. The Morgan fingerprint density at radius 3 is 2.88 bits per heavy atom. The number of thiazole rings is 1. The van der Waals surface area contributed by atoms with E-state index in [4.69, 9.17) is 0 Å². The maximum Gasteiger partial charge on any atom is 0.238 e. The molecule has 0 bridgehead atoms. The number of carbonyl (C=O) groups excluding carboxylic acids is 2. The predicted octanol–water partition coefficient (Wildman–Crippen LogP) is 1.92. The van der Waals surface area contributed by atoms with Crippen molar-refractivity contribution >= 4 is 34.0 Å². The quantitative estimate of drug-likeness (QED) is 0.848. The number of amides is 2. The number of nitrogens with one attached hydrogen (secondary N) is 2. The zero-order valence-electron chi connectivity index (χ0n) is 14.6. The van der Waals surface area contributed by atoms with E-state index >= 15 is 0 Å². The topological polar surface area (TPSA) is 92.1 Å². The van der Waals surface area contributed by atoms with Crippen molar-refractivity contribution in [1.82, 2.24) is 19.7 Å². The second-order valence-electron chi connectivity index (χ2n) is 6.24. The Bertz CT molecular complexity index is 783. The lowest BCUT2D eigenvalue weighted by molar-refractivity contribution is -0.117. The van der Waals surface area contributed by atoms with Gasteiger partial charge in [0.25, 0.3) is 0 Å². The Morgan fingerprint density at radius 2 is 2.20 bits per heavy atom. The van der Waals surface area contributed by atoms with Crippen LogP contribution in [0.3, 0.4) is 0 Å². The van der Waals surface area contributed by atoms with E-state index in [0.29, 0.717) is 11.7 Å². The van der Waals surface area contributed by atoms with Crippen molar-refractivity contribution in [3.05, 3.63) is 23.0 Å². The van der Waals surface area contributed by atoms with Gasteiger partial charge in [0.15, 0.2) is 5.13 Å². The van der Waals surface area contributed by atoms with Gasteiger partial charge in [-0.05, 0) is 26.3 Å². The van der Waals surface area contributed by atoms with Crippen LogP contribution in [-0.4, -0.2) is 44.6 Å². The molecule has 1 saturated heterocycles. The van der Waals surface area contributed by atoms with Crippen molar-refractivity contribution in [2.24, 2.45) is 7.05 Å². The summed E-state index contributed by atoms with van der Waals surface area (Å²) in [6, 6.07) is 0.111. The first-order chi connectivity index (χ1) is 11.9. The minimum atomic E-state index is -0.129. The SMILES string of the molecule is CC(=O)Nc1nc([C@H]2CCCN2CC(=O)Nc2cn(C)nc2C)cs1. The highest BCUT2D eigenvalue weighted by atomic mass is 32.1. The number of anilines is 2. The summed E-state index contributed by atoms with van der Waals surface area (Å²) >= 11 is 1.41. The van der Waals surface area contributed by atoms with Crippen LogP contribution < -0.4 is 10.6 Å². The van der Waals surface area contributed by atoms with Gasteiger partial charge in [-0.3, -0.25) is 19.2 Å². The summed E-state index contributed by atoms with van der Waals surface area (Å²) in [5.74, 6) is -0.185. The van der Waals surface area contributed by atoms with E-state index in [2.05, 4.69) is 25.6 Å². The number of rotatable bonds is 5. The van der Waals surface area contributed by atoms with E-state index in [9.17, 15) is 9.59 Å². The zero-order chi connectivity index (χ0) is 18.0. The van der Waals surface area contributed by atoms with Gasteiger partial charge >= 0.3 is 0 Å². The molecule has 0 unspecified atom stereocenters. The monoisotopic (exact) mass is 362 g/mol. The Balaban J connectivity index is 1.63. The van der Waals surface area contributed by atoms with Gasteiger partial charge in [-0.2, -0.15) is 5.10 Å². The van der Waals surface area contributed by atoms with Gasteiger partial charge < -0.3 is 10.6 Å². The van der Waals surface area contributed by atoms with Crippen LogP contribution in [0.2, 0.25) is 0 Å². The lowest BCUT2D eigenvalue weighted by Crippen LogP contribution is -2.33. The van der Waals surface area contributed by atoms with Gasteiger partial charge in [0.2, 0.25) is 11.8 Å². The molecule has 0 spiro atoms. The first-order valence-corrected chi connectivity index (χ1v) is 9.07. The standard InChI is InChI=1S/C16H22N6O2S/c1-10-12(7-21(3)20-10)18-15(24)8-22-6-4-5-14(22)13-9-25-16(19-13)17-11(2)23/h7,9,14H,4-6,8H2,1-3H3,(H,18,24)(H,17,19,23)/t14-/m1/s1. The van der Waals surface area contributed by atoms with E-state index in [-0.39, 0.29) is 17.9 Å². The predicted molar refractivity (Wildman–Crippen MR) is 96.5 cm³/mol. The molecule has 0 aliphatic carbocycles. The minimum absolute atomic E-state index is 0.0553. The summed E-state index contributed by atoms with van der Waals surface area (Å²) in [6.07, 6.45) is 3.79. The third-order valence-electron chi connectivity index (χ3n) is 4.14. The lowest BCUT2D eigenvalue weighted by atomic mass is 10.2. The van der Waals surface area contributed by atoms with Crippen LogP contribution in [-0.2, 0) is 16.6 Å². The van der Waals surface area contributed by atoms with Crippen molar-refractivity contribution in [2.45, 2.75) is 32.7 Å². The fourth-order valence-corrected chi connectivity index (χ4v) is 3.90. The van der Waals surface area contributed by atoms with E-state index in [0.717, 1.165) is 36.5 Å². The molecular weight excluding hydrogens is 340 g/mol. The van der Waals surface area contributed by atoms with Gasteiger partial charge in [0, 0.05) is 25.5 Å². The molecular formula is C16H22N6O2S. The molecule has 25 heavy (non-hydrogen) atoms. The van der Waals surface area contributed by atoms with E-state index in [1.807, 2.05) is 19.4 Å². The molecule has 3 rings (SSSR count). The van der Waals surface area contributed by atoms with Gasteiger partial charge in [-0.25, -0.2) is 4.98 Å². The highest BCUT2D eigenvalue weighted by Crippen LogP contribution is 2.33. The number of hydrogen-bond acceptors (Lipinski definition) is 6. The van der Waals surface area contributed by atoms with Crippen LogP contribution in [0.25, 0.3) is 0 Å². The summed E-state index contributed by atoms with van der Waals surface area (Å²) in [4.78, 5) is 30.2. The van der Waals surface area contributed by atoms with Crippen molar-refractivity contribution in [3.8, 4) is 0 Å². The molecule has 3 heterocycles. The Kier molecular flexibility index (Phi) is 5.14. The van der Waals surface area contributed by atoms with Crippen molar-refractivity contribution < 1.29 is 9.59 Å². The maximum atomic E-state index is 12.4. The van der Waals surface area contributed by atoms with E-state index < -0.39 is 0 Å². The molecule has 2 amide bonds. The molecule has 2 aromatic rings. The average molecular weight is 362 g/mol. The number of aryl methyl sites for hydroxylation is 2. The molecule has 1 fully saturated rings. The van der Waals surface area contributed by atoms with Crippen molar-refractivity contribution in [2.75, 3.05) is 23.7 Å². The summed E-state index contributed by atoms with van der Waals surface area (Å²) in [6.45, 7) is 4.50. The summed E-state index contributed by atoms with van der Waals surface area (Å²) in [7, 11) is 1.83. The van der Waals surface area contributed by atoms with Gasteiger partial charge in [-0.1, -0.05) is 0 Å². The van der Waals surface area contributed by atoms with Crippen LogP contribution in [0.4, 0.5) is 10.8 Å². The summed E-state index contributed by atoms with van der Waals surface area (Å²) < 4.78 is 1.68. The van der Waals surface area contributed by atoms with Crippen LogP contribution in [0.15, 0.2) is 11.6 Å². The molecule has 2 N–H and O–H groups in total. The number of hydrogen-bond donors (Lipinski definition) is 2. The number of nitrogens with zero attached hydrogens (tertiary/aromatic N) is 4. The Hall–Kier alpha value is -2.26. The molecule has 0 aromatic carbocycles. The smallest absolute Gasteiger partial charge is 0.238 e. The zero-order valence-corrected chi connectivity index (χ0v) is 15.4. The molecule has 1 aliphatic rings. The largest absolute Gasteiger partial charge is 0.322 e.